The zero-order valence-corrected chi connectivity index (χ0v) is 22.5. The number of benzene rings is 2. The number of hydrogen-bond donors (Lipinski definition) is 2. The van der Waals surface area contributed by atoms with Gasteiger partial charge >= 0.3 is 12.1 Å². The second kappa shape index (κ2) is 13.7. The van der Waals surface area contributed by atoms with E-state index in [0.29, 0.717) is 5.56 Å². The normalized spacial score (nSPS) is 15.1. The molecule has 1 aliphatic rings. The summed E-state index contributed by atoms with van der Waals surface area (Å²) in [6, 6.07) is 14.4. The van der Waals surface area contributed by atoms with Gasteiger partial charge in [-0.3, -0.25) is 9.69 Å². The minimum atomic E-state index is -1.06. The molecule has 0 bridgehead atoms. The fourth-order valence-electron chi connectivity index (χ4n) is 3.77. The van der Waals surface area contributed by atoms with Gasteiger partial charge in [0.1, 0.15) is 11.6 Å². The van der Waals surface area contributed by atoms with Crippen molar-refractivity contribution in [2.75, 3.05) is 40.0 Å². The lowest BCUT2D eigenvalue weighted by Crippen LogP contribution is -2.49. The first-order valence-electron chi connectivity index (χ1n) is 12.7. The summed E-state index contributed by atoms with van der Waals surface area (Å²) in [5, 5.41) is 5.09. The van der Waals surface area contributed by atoms with E-state index >= 15 is 0 Å². The number of carbonyl (C=O) groups excluding carboxylic acids is 3. The fourth-order valence-corrected chi connectivity index (χ4v) is 3.77. The zero-order chi connectivity index (χ0) is 27.5. The molecule has 0 unspecified atom stereocenters. The average molecular weight is 524 g/mol. The molecular formula is C29H37N3O6. The molecule has 1 atom stereocenters. The van der Waals surface area contributed by atoms with E-state index in [0.717, 1.165) is 44.0 Å². The fraction of sp³-hybridized carbons (Fsp3) is 0.414. The highest BCUT2D eigenvalue weighted by Gasteiger charge is 2.24. The smallest absolute Gasteiger partial charge is 0.407 e. The predicted octanol–water partition coefficient (Wildman–Crippen LogP) is 3.49. The van der Waals surface area contributed by atoms with Gasteiger partial charge in [-0.15, -0.1) is 0 Å². The number of nitrogens with zero attached hydrogens (tertiary/aromatic N) is 1. The Balaban J connectivity index is 1.53. The van der Waals surface area contributed by atoms with Crippen LogP contribution in [0.1, 0.15) is 47.8 Å². The molecule has 1 saturated heterocycles. The van der Waals surface area contributed by atoms with Crippen LogP contribution in [-0.4, -0.2) is 74.5 Å². The SMILES string of the molecule is COC(=O)[C@H](CNC(=O)OC(C)(C)C)NC(=O)c1ccc(/C=C/c2ccc(CN3CCOCC3)cc2)cc1. The Morgan fingerprint density at radius 2 is 1.55 bits per heavy atom. The van der Waals surface area contributed by atoms with Crippen molar-refractivity contribution in [3.63, 3.8) is 0 Å². The summed E-state index contributed by atoms with van der Waals surface area (Å²) in [6.07, 6.45) is 3.30. The van der Waals surface area contributed by atoms with E-state index in [4.69, 9.17) is 14.2 Å². The Hall–Kier alpha value is -3.69. The summed E-state index contributed by atoms with van der Waals surface area (Å²) in [6.45, 7) is 9.45. The number of rotatable bonds is 9. The summed E-state index contributed by atoms with van der Waals surface area (Å²) in [5.74, 6) is -1.14. The number of esters is 1. The quantitative estimate of drug-likeness (QED) is 0.383. The van der Waals surface area contributed by atoms with Gasteiger partial charge in [0.25, 0.3) is 5.91 Å². The van der Waals surface area contributed by atoms with E-state index in [-0.39, 0.29) is 6.54 Å². The highest BCUT2D eigenvalue weighted by atomic mass is 16.6. The molecule has 0 aromatic heterocycles. The van der Waals surface area contributed by atoms with Gasteiger partial charge in [-0.25, -0.2) is 9.59 Å². The Morgan fingerprint density at radius 1 is 0.974 bits per heavy atom. The van der Waals surface area contributed by atoms with E-state index in [9.17, 15) is 14.4 Å². The van der Waals surface area contributed by atoms with E-state index in [1.54, 1.807) is 32.9 Å². The summed E-state index contributed by atoms with van der Waals surface area (Å²) in [7, 11) is 1.22. The third-order valence-electron chi connectivity index (χ3n) is 5.77. The molecular weight excluding hydrogens is 486 g/mol. The zero-order valence-electron chi connectivity index (χ0n) is 22.5. The van der Waals surface area contributed by atoms with Crippen LogP contribution in [-0.2, 0) is 25.5 Å². The van der Waals surface area contributed by atoms with E-state index in [1.807, 2.05) is 24.3 Å². The number of methoxy groups -OCH3 is 1. The van der Waals surface area contributed by atoms with Crippen molar-refractivity contribution in [2.45, 2.75) is 39.0 Å². The third kappa shape index (κ3) is 9.64. The molecule has 38 heavy (non-hydrogen) atoms. The van der Waals surface area contributed by atoms with Crippen molar-refractivity contribution in [3.05, 3.63) is 70.8 Å². The summed E-state index contributed by atoms with van der Waals surface area (Å²) >= 11 is 0. The molecule has 0 spiro atoms. The van der Waals surface area contributed by atoms with Crippen LogP contribution in [0.3, 0.4) is 0 Å². The van der Waals surface area contributed by atoms with Crippen molar-refractivity contribution in [1.82, 2.24) is 15.5 Å². The van der Waals surface area contributed by atoms with Crippen LogP contribution in [0.5, 0.6) is 0 Å². The van der Waals surface area contributed by atoms with Crippen LogP contribution in [0.25, 0.3) is 12.2 Å². The van der Waals surface area contributed by atoms with Crippen LogP contribution in [0.4, 0.5) is 4.79 Å². The molecule has 0 radical (unpaired) electrons. The lowest BCUT2D eigenvalue weighted by molar-refractivity contribution is -0.142. The van der Waals surface area contributed by atoms with Gasteiger partial charge < -0.3 is 24.8 Å². The molecule has 0 saturated carbocycles. The van der Waals surface area contributed by atoms with Gasteiger partial charge in [0, 0.05) is 25.2 Å². The maximum atomic E-state index is 12.7. The highest BCUT2D eigenvalue weighted by molar-refractivity contribution is 5.97. The summed E-state index contributed by atoms with van der Waals surface area (Å²) in [4.78, 5) is 39.2. The standard InChI is InChI=1S/C29H37N3O6/c1-29(2,3)38-28(35)30-19-25(27(34)36-4)31-26(33)24-13-11-22(12-14-24)6-5-21-7-9-23(10-8-21)20-32-15-17-37-18-16-32/h5-14,25H,15-20H2,1-4H3,(H,30,35)(H,31,33)/b6-5+/t25-/m0/s1. The molecule has 2 aromatic carbocycles. The van der Waals surface area contributed by atoms with Gasteiger partial charge in [0.15, 0.2) is 0 Å². The highest BCUT2D eigenvalue weighted by Crippen LogP contribution is 2.13. The van der Waals surface area contributed by atoms with E-state index in [2.05, 4.69) is 39.8 Å². The number of hydrogen-bond acceptors (Lipinski definition) is 7. The molecule has 0 aliphatic carbocycles. The Bertz CT molecular complexity index is 1100. The molecule has 1 heterocycles. The Kier molecular flexibility index (Phi) is 10.4. The molecule has 2 amide bonds. The summed E-state index contributed by atoms with van der Waals surface area (Å²) < 4.78 is 15.3. The topological polar surface area (TPSA) is 106 Å². The number of nitrogens with one attached hydrogen (secondary N) is 2. The predicted molar refractivity (Wildman–Crippen MR) is 145 cm³/mol. The van der Waals surface area contributed by atoms with E-state index < -0.39 is 29.6 Å². The van der Waals surface area contributed by atoms with Crippen LogP contribution < -0.4 is 10.6 Å². The van der Waals surface area contributed by atoms with Gasteiger partial charge in [0.05, 0.1) is 26.9 Å². The van der Waals surface area contributed by atoms with E-state index in [1.165, 1.54) is 12.7 Å². The van der Waals surface area contributed by atoms with Crippen LogP contribution >= 0.6 is 0 Å². The van der Waals surface area contributed by atoms with Crippen molar-refractivity contribution in [3.8, 4) is 0 Å². The van der Waals surface area contributed by atoms with Crippen LogP contribution in [0.15, 0.2) is 48.5 Å². The molecule has 2 aromatic rings. The largest absolute Gasteiger partial charge is 0.467 e. The average Bonchev–Trinajstić information content (AvgIpc) is 2.90. The van der Waals surface area contributed by atoms with Crippen molar-refractivity contribution < 1.29 is 28.6 Å². The molecule has 204 valence electrons. The van der Waals surface area contributed by atoms with Crippen molar-refractivity contribution in [2.24, 2.45) is 0 Å². The number of amides is 2. The molecule has 3 rings (SSSR count). The first-order valence-corrected chi connectivity index (χ1v) is 12.7. The lowest BCUT2D eigenvalue weighted by Gasteiger charge is -2.26. The third-order valence-corrected chi connectivity index (χ3v) is 5.77. The van der Waals surface area contributed by atoms with Gasteiger partial charge in [-0.1, -0.05) is 48.6 Å². The number of carbonyl (C=O) groups is 3. The number of morpholine rings is 1. The van der Waals surface area contributed by atoms with Crippen molar-refractivity contribution in [1.29, 1.82) is 0 Å². The summed E-state index contributed by atoms with van der Waals surface area (Å²) in [5.41, 5.74) is 2.97. The molecule has 9 nitrogen and oxygen atoms in total. The van der Waals surface area contributed by atoms with Crippen LogP contribution in [0.2, 0.25) is 0 Å². The Morgan fingerprint density at radius 3 is 2.11 bits per heavy atom. The Labute approximate surface area is 224 Å². The van der Waals surface area contributed by atoms with Gasteiger partial charge in [-0.2, -0.15) is 0 Å². The molecule has 2 N–H and O–H groups in total. The maximum Gasteiger partial charge on any atom is 0.407 e. The lowest BCUT2D eigenvalue weighted by atomic mass is 10.1. The minimum absolute atomic E-state index is 0.167. The number of alkyl carbamates (subject to hydrolysis) is 1. The minimum Gasteiger partial charge on any atom is -0.467 e. The van der Waals surface area contributed by atoms with Gasteiger partial charge in [-0.05, 0) is 49.6 Å². The first-order chi connectivity index (χ1) is 18.1. The molecule has 1 fully saturated rings. The van der Waals surface area contributed by atoms with Crippen LogP contribution in [0, 0.1) is 0 Å². The second-order valence-corrected chi connectivity index (χ2v) is 10.0. The first kappa shape index (κ1) is 28.9. The number of ether oxygens (including phenoxy) is 3. The van der Waals surface area contributed by atoms with Gasteiger partial charge in [0.2, 0.25) is 0 Å². The second-order valence-electron chi connectivity index (χ2n) is 10.0. The maximum absolute atomic E-state index is 12.7. The monoisotopic (exact) mass is 523 g/mol. The molecule has 9 heteroatoms. The van der Waals surface area contributed by atoms with Crippen molar-refractivity contribution >= 4 is 30.1 Å². The molecule has 1 aliphatic heterocycles.